The largest absolute Gasteiger partial charge is 0.481 e. The van der Waals surface area contributed by atoms with Crippen molar-refractivity contribution in [3.8, 4) is 0 Å². The lowest BCUT2D eigenvalue weighted by Crippen LogP contribution is -2.34. The molecule has 0 radical (unpaired) electrons. The van der Waals surface area contributed by atoms with Crippen molar-refractivity contribution >= 4 is 5.97 Å². The van der Waals surface area contributed by atoms with Gasteiger partial charge in [-0.1, -0.05) is 52.9 Å². The van der Waals surface area contributed by atoms with Gasteiger partial charge in [0.25, 0.3) is 0 Å². The van der Waals surface area contributed by atoms with Crippen molar-refractivity contribution in [2.24, 2.45) is 0 Å². The molecular weight excluding hydrogens is 250 g/mol. The molecule has 20 heavy (non-hydrogen) atoms. The third-order valence-corrected chi connectivity index (χ3v) is 3.26. The monoisotopic (exact) mass is 287 g/mol. The molecule has 0 saturated heterocycles. The van der Waals surface area contributed by atoms with Crippen LogP contribution in [-0.2, 0) is 4.79 Å². The molecule has 3 nitrogen and oxygen atoms in total. The molecule has 2 unspecified atom stereocenters. The van der Waals surface area contributed by atoms with Gasteiger partial charge in [-0.05, 0) is 33.1 Å². The van der Waals surface area contributed by atoms with E-state index in [2.05, 4.69) is 39.9 Å². The Balaban J connectivity index is 0. The second kappa shape index (κ2) is 16.5. The third kappa shape index (κ3) is 19.8. The number of hydrogen-bond donors (Lipinski definition) is 2. The van der Waals surface area contributed by atoms with E-state index in [0.29, 0.717) is 18.5 Å². The first-order chi connectivity index (χ1) is 9.47. The van der Waals surface area contributed by atoms with Gasteiger partial charge in [0.1, 0.15) is 0 Å². The van der Waals surface area contributed by atoms with E-state index in [9.17, 15) is 4.79 Å². The summed E-state index contributed by atoms with van der Waals surface area (Å²) in [5, 5.41) is 11.8. The van der Waals surface area contributed by atoms with Crippen LogP contribution in [0.2, 0.25) is 0 Å². The lowest BCUT2D eigenvalue weighted by atomic mass is 10.1. The maximum Gasteiger partial charge on any atom is 0.303 e. The molecule has 2 atom stereocenters. The first kappa shape index (κ1) is 21.7. The molecule has 0 saturated carbocycles. The van der Waals surface area contributed by atoms with Gasteiger partial charge in [0.2, 0.25) is 0 Å². The highest BCUT2D eigenvalue weighted by Gasteiger charge is 2.04. The number of carboxylic acids is 1. The van der Waals surface area contributed by atoms with Crippen molar-refractivity contribution in [3.05, 3.63) is 0 Å². The molecule has 0 aromatic heterocycles. The summed E-state index contributed by atoms with van der Waals surface area (Å²) in [4.78, 5) is 9.96. The van der Waals surface area contributed by atoms with E-state index >= 15 is 0 Å². The van der Waals surface area contributed by atoms with Crippen molar-refractivity contribution in [3.63, 3.8) is 0 Å². The molecule has 0 aromatic carbocycles. The predicted octanol–water partition coefficient (Wildman–Crippen LogP) is 4.99. The zero-order chi connectivity index (χ0) is 15.8. The molecule has 0 bridgehead atoms. The van der Waals surface area contributed by atoms with E-state index in [1.165, 1.54) is 32.1 Å². The first-order valence-electron chi connectivity index (χ1n) is 8.45. The highest BCUT2D eigenvalue weighted by Crippen LogP contribution is 2.01. The van der Waals surface area contributed by atoms with E-state index in [1.807, 2.05) is 0 Å². The summed E-state index contributed by atoms with van der Waals surface area (Å²) in [6.07, 6.45) is 9.72. The van der Waals surface area contributed by atoms with E-state index in [1.54, 1.807) is 0 Å². The van der Waals surface area contributed by atoms with Gasteiger partial charge < -0.3 is 10.4 Å². The van der Waals surface area contributed by atoms with Crippen LogP contribution in [0.1, 0.15) is 92.4 Å². The van der Waals surface area contributed by atoms with E-state index in [-0.39, 0.29) is 0 Å². The fraction of sp³-hybridized carbons (Fsp3) is 0.941. The number of aliphatic carboxylic acids is 1. The highest BCUT2D eigenvalue weighted by atomic mass is 16.4. The molecule has 0 fully saturated rings. The van der Waals surface area contributed by atoms with Gasteiger partial charge in [0.15, 0.2) is 0 Å². The summed E-state index contributed by atoms with van der Waals surface area (Å²) in [6, 6.07) is 1.39. The highest BCUT2D eigenvalue weighted by molar-refractivity contribution is 5.66. The molecule has 0 spiro atoms. The normalized spacial score (nSPS) is 13.2. The minimum atomic E-state index is -0.675. The first-order valence-corrected chi connectivity index (χ1v) is 8.45. The Hall–Kier alpha value is -0.570. The summed E-state index contributed by atoms with van der Waals surface area (Å²) in [7, 11) is 0. The topological polar surface area (TPSA) is 49.3 Å². The Kier molecular flexibility index (Phi) is 17.9. The van der Waals surface area contributed by atoms with Gasteiger partial charge in [-0.25, -0.2) is 0 Å². The number of carboxylic acid groups (broad SMARTS) is 1. The van der Waals surface area contributed by atoms with Gasteiger partial charge in [-0.3, -0.25) is 4.79 Å². The molecular formula is C17H37NO2. The van der Waals surface area contributed by atoms with Gasteiger partial charge >= 0.3 is 5.97 Å². The molecule has 2 N–H and O–H groups in total. The Morgan fingerprint density at radius 2 is 1.40 bits per heavy atom. The van der Waals surface area contributed by atoms with Crippen LogP contribution in [0, 0.1) is 0 Å². The molecule has 0 heterocycles. The zero-order valence-corrected chi connectivity index (χ0v) is 14.4. The summed E-state index contributed by atoms with van der Waals surface area (Å²) < 4.78 is 0. The second-order valence-corrected chi connectivity index (χ2v) is 5.75. The third-order valence-electron chi connectivity index (χ3n) is 3.26. The van der Waals surface area contributed by atoms with Crippen LogP contribution in [0.25, 0.3) is 0 Å². The number of hydrogen-bond acceptors (Lipinski definition) is 2. The van der Waals surface area contributed by atoms with Crippen LogP contribution in [0.3, 0.4) is 0 Å². The van der Waals surface area contributed by atoms with Gasteiger partial charge in [0.05, 0.1) is 0 Å². The van der Waals surface area contributed by atoms with Crippen LogP contribution < -0.4 is 5.32 Å². The SMILES string of the molecule is CCCC(C)NC(C)CCC.CCCCCCC(=O)O. The van der Waals surface area contributed by atoms with Crippen molar-refractivity contribution < 1.29 is 9.90 Å². The van der Waals surface area contributed by atoms with Crippen molar-refractivity contribution in [2.75, 3.05) is 0 Å². The Bertz CT molecular complexity index is 197. The number of nitrogens with one attached hydrogen (secondary N) is 1. The molecule has 0 aliphatic carbocycles. The maximum absolute atomic E-state index is 9.96. The molecule has 122 valence electrons. The van der Waals surface area contributed by atoms with E-state index in [4.69, 9.17) is 5.11 Å². The van der Waals surface area contributed by atoms with Crippen LogP contribution in [0.4, 0.5) is 0 Å². The quantitative estimate of drug-likeness (QED) is 0.526. The van der Waals surface area contributed by atoms with E-state index in [0.717, 1.165) is 19.3 Å². The Morgan fingerprint density at radius 1 is 0.900 bits per heavy atom. The summed E-state index contributed by atoms with van der Waals surface area (Å²) in [5.41, 5.74) is 0. The lowest BCUT2D eigenvalue weighted by molar-refractivity contribution is -0.137. The van der Waals surface area contributed by atoms with Crippen molar-refractivity contribution in [2.45, 2.75) is 104 Å². The molecule has 3 heteroatoms. The van der Waals surface area contributed by atoms with Crippen LogP contribution in [0.5, 0.6) is 0 Å². The van der Waals surface area contributed by atoms with Gasteiger partial charge in [-0.15, -0.1) is 0 Å². The molecule has 0 amide bonds. The van der Waals surface area contributed by atoms with Crippen LogP contribution in [-0.4, -0.2) is 23.2 Å². The van der Waals surface area contributed by atoms with Crippen molar-refractivity contribution in [1.82, 2.24) is 5.32 Å². The summed E-state index contributed by atoms with van der Waals surface area (Å²) in [5.74, 6) is -0.675. The van der Waals surface area contributed by atoms with Gasteiger partial charge in [0, 0.05) is 18.5 Å². The molecule has 0 aliphatic heterocycles. The predicted molar refractivity (Wildman–Crippen MR) is 88.3 cm³/mol. The molecule has 0 aromatic rings. The maximum atomic E-state index is 9.96. The fourth-order valence-electron chi connectivity index (χ4n) is 2.22. The number of rotatable bonds is 11. The Labute approximate surface area is 126 Å². The number of carbonyl (C=O) groups is 1. The second-order valence-electron chi connectivity index (χ2n) is 5.75. The smallest absolute Gasteiger partial charge is 0.303 e. The average molecular weight is 287 g/mol. The minimum absolute atomic E-state index is 0.333. The molecule has 0 rings (SSSR count). The molecule has 0 aliphatic rings. The van der Waals surface area contributed by atoms with E-state index < -0.39 is 5.97 Å². The number of unbranched alkanes of at least 4 members (excludes halogenated alkanes) is 3. The minimum Gasteiger partial charge on any atom is -0.481 e. The van der Waals surface area contributed by atoms with Crippen LogP contribution >= 0.6 is 0 Å². The zero-order valence-electron chi connectivity index (χ0n) is 14.4. The van der Waals surface area contributed by atoms with Gasteiger partial charge in [-0.2, -0.15) is 0 Å². The van der Waals surface area contributed by atoms with Crippen molar-refractivity contribution in [1.29, 1.82) is 0 Å². The average Bonchev–Trinajstić information content (AvgIpc) is 2.35. The lowest BCUT2D eigenvalue weighted by Gasteiger charge is -2.18. The summed E-state index contributed by atoms with van der Waals surface area (Å²) >= 11 is 0. The Morgan fingerprint density at radius 3 is 1.75 bits per heavy atom. The standard InChI is InChI=1S/C10H23N.C7H14O2/c1-5-7-9(3)11-10(4)8-6-2;1-2-3-4-5-6-7(8)9/h9-11H,5-8H2,1-4H3;2-6H2,1H3,(H,8,9). The summed E-state index contributed by atoms with van der Waals surface area (Å²) in [6.45, 7) is 11.1. The fourth-order valence-corrected chi connectivity index (χ4v) is 2.22. The van der Waals surface area contributed by atoms with Crippen LogP contribution in [0.15, 0.2) is 0 Å².